The summed E-state index contributed by atoms with van der Waals surface area (Å²) in [7, 11) is 0. The summed E-state index contributed by atoms with van der Waals surface area (Å²) in [6.45, 7) is 4.04. The van der Waals surface area contributed by atoms with E-state index in [4.69, 9.17) is 5.73 Å². The maximum atomic E-state index is 13.2. The zero-order valence-electron chi connectivity index (χ0n) is 16.9. The Kier molecular flexibility index (Phi) is 5.51. The van der Waals surface area contributed by atoms with Crippen LogP contribution in [0, 0.1) is 19.7 Å². The van der Waals surface area contributed by atoms with Gasteiger partial charge >= 0.3 is 0 Å². The Hall–Kier alpha value is -3.59. The monoisotopic (exact) mass is 437 g/mol. The number of rotatable bonds is 5. The minimum atomic E-state index is -0.826. The van der Waals surface area contributed by atoms with Crippen LogP contribution in [0.1, 0.15) is 17.5 Å². The van der Waals surface area contributed by atoms with Crippen molar-refractivity contribution in [3.8, 4) is 11.3 Å². The van der Waals surface area contributed by atoms with Gasteiger partial charge in [-0.05, 0) is 43.7 Å². The largest absolute Gasteiger partial charge is 0.368 e. The SMILES string of the molecule is Cc1ccc(-c2csc(NC(=O)C3=NN(c4ccc(F)cc4)C(C(N)=O)C3)n2)c(C)c1. The van der Waals surface area contributed by atoms with Gasteiger partial charge in [-0.1, -0.05) is 23.8 Å². The van der Waals surface area contributed by atoms with Gasteiger partial charge in [0.15, 0.2) is 5.13 Å². The molecular weight excluding hydrogens is 417 g/mol. The first-order valence-electron chi connectivity index (χ1n) is 9.58. The summed E-state index contributed by atoms with van der Waals surface area (Å²) in [6, 6.07) is 10.7. The molecule has 1 aliphatic heterocycles. The zero-order chi connectivity index (χ0) is 22.1. The predicted octanol–water partition coefficient (Wildman–Crippen LogP) is 3.62. The third-order valence-electron chi connectivity index (χ3n) is 4.97. The van der Waals surface area contributed by atoms with Gasteiger partial charge in [0.1, 0.15) is 17.6 Å². The molecule has 2 amide bonds. The van der Waals surface area contributed by atoms with Crippen molar-refractivity contribution >= 4 is 39.7 Å². The number of halogens is 1. The van der Waals surface area contributed by atoms with Gasteiger partial charge in [-0.25, -0.2) is 9.37 Å². The Morgan fingerprint density at radius 3 is 2.61 bits per heavy atom. The van der Waals surface area contributed by atoms with Crippen molar-refractivity contribution in [3.63, 3.8) is 0 Å². The molecule has 3 aromatic rings. The number of hydrazone groups is 1. The summed E-state index contributed by atoms with van der Waals surface area (Å²) in [5, 5.41) is 10.7. The van der Waals surface area contributed by atoms with E-state index in [9.17, 15) is 14.0 Å². The van der Waals surface area contributed by atoms with E-state index in [0.29, 0.717) is 10.8 Å². The van der Waals surface area contributed by atoms with Crippen LogP contribution in [0.4, 0.5) is 15.2 Å². The summed E-state index contributed by atoms with van der Waals surface area (Å²) < 4.78 is 13.2. The molecule has 2 heterocycles. The van der Waals surface area contributed by atoms with E-state index in [0.717, 1.165) is 16.8 Å². The molecular formula is C22H20FN5O2S. The van der Waals surface area contributed by atoms with E-state index < -0.39 is 23.7 Å². The van der Waals surface area contributed by atoms with Crippen LogP contribution in [0.3, 0.4) is 0 Å². The normalized spacial score (nSPS) is 15.6. The van der Waals surface area contributed by atoms with Crippen LogP contribution in [0.25, 0.3) is 11.3 Å². The van der Waals surface area contributed by atoms with Crippen LogP contribution in [0.5, 0.6) is 0 Å². The minimum absolute atomic E-state index is 0.0495. The quantitative estimate of drug-likeness (QED) is 0.637. The number of amides is 2. The Bertz CT molecular complexity index is 1190. The summed E-state index contributed by atoms with van der Waals surface area (Å²) >= 11 is 1.31. The highest BCUT2D eigenvalue weighted by Gasteiger charge is 2.35. The second kappa shape index (κ2) is 8.27. The fraction of sp³-hybridized carbons (Fsp3) is 0.182. The summed E-state index contributed by atoms with van der Waals surface area (Å²) in [5.41, 5.74) is 10.1. The van der Waals surface area contributed by atoms with Crippen molar-refractivity contribution < 1.29 is 14.0 Å². The third-order valence-corrected chi connectivity index (χ3v) is 5.73. The molecule has 1 aliphatic rings. The van der Waals surface area contributed by atoms with E-state index in [-0.39, 0.29) is 12.1 Å². The lowest BCUT2D eigenvalue weighted by Crippen LogP contribution is -2.39. The number of carbonyl (C=O) groups is 2. The smallest absolute Gasteiger partial charge is 0.273 e. The molecule has 3 N–H and O–H groups in total. The van der Waals surface area contributed by atoms with Gasteiger partial charge in [-0.2, -0.15) is 5.10 Å². The molecule has 2 aromatic carbocycles. The molecule has 7 nitrogen and oxygen atoms in total. The number of nitrogens with two attached hydrogens (primary N) is 1. The number of carbonyl (C=O) groups excluding carboxylic acids is 2. The number of primary amides is 1. The number of hydrogen-bond donors (Lipinski definition) is 2. The van der Waals surface area contributed by atoms with E-state index in [2.05, 4.69) is 21.5 Å². The number of anilines is 2. The number of aromatic nitrogens is 1. The van der Waals surface area contributed by atoms with Crippen LogP contribution in [0.2, 0.25) is 0 Å². The van der Waals surface area contributed by atoms with E-state index in [1.807, 2.05) is 31.4 Å². The van der Waals surface area contributed by atoms with Gasteiger partial charge in [0.2, 0.25) is 5.91 Å². The first-order valence-corrected chi connectivity index (χ1v) is 10.5. The van der Waals surface area contributed by atoms with Crippen LogP contribution in [0.15, 0.2) is 52.9 Å². The lowest BCUT2D eigenvalue weighted by molar-refractivity contribution is -0.119. The second-order valence-electron chi connectivity index (χ2n) is 7.30. The minimum Gasteiger partial charge on any atom is -0.368 e. The van der Waals surface area contributed by atoms with Crippen molar-refractivity contribution in [3.05, 3.63) is 64.8 Å². The highest BCUT2D eigenvalue weighted by molar-refractivity contribution is 7.14. The Balaban J connectivity index is 1.53. The topological polar surface area (TPSA) is 101 Å². The van der Waals surface area contributed by atoms with Crippen molar-refractivity contribution in [1.82, 2.24) is 4.98 Å². The Labute approximate surface area is 182 Å². The molecule has 9 heteroatoms. The van der Waals surface area contributed by atoms with E-state index in [1.54, 1.807) is 0 Å². The summed E-state index contributed by atoms with van der Waals surface area (Å²) in [6.07, 6.45) is 0.0495. The van der Waals surface area contributed by atoms with E-state index >= 15 is 0 Å². The Morgan fingerprint density at radius 1 is 1.19 bits per heavy atom. The molecule has 0 radical (unpaired) electrons. The first kappa shape index (κ1) is 20.7. The Morgan fingerprint density at radius 2 is 1.94 bits per heavy atom. The number of thiazole rings is 1. The molecule has 1 aromatic heterocycles. The maximum Gasteiger partial charge on any atom is 0.273 e. The fourth-order valence-electron chi connectivity index (χ4n) is 3.43. The molecule has 0 fully saturated rings. The average Bonchev–Trinajstić information content (AvgIpc) is 3.36. The van der Waals surface area contributed by atoms with Crippen LogP contribution < -0.4 is 16.1 Å². The van der Waals surface area contributed by atoms with Crippen LogP contribution >= 0.6 is 11.3 Å². The molecule has 0 saturated carbocycles. The zero-order valence-corrected chi connectivity index (χ0v) is 17.7. The van der Waals surface area contributed by atoms with Gasteiger partial charge in [-0.3, -0.25) is 19.9 Å². The van der Waals surface area contributed by atoms with Crippen molar-refractivity contribution in [1.29, 1.82) is 0 Å². The van der Waals surface area contributed by atoms with Gasteiger partial charge in [0.05, 0.1) is 11.4 Å². The first-order chi connectivity index (χ1) is 14.8. The van der Waals surface area contributed by atoms with Crippen LogP contribution in [-0.4, -0.2) is 28.6 Å². The molecule has 0 spiro atoms. The number of benzene rings is 2. The lowest BCUT2D eigenvalue weighted by Gasteiger charge is -2.20. The van der Waals surface area contributed by atoms with Gasteiger partial charge in [0, 0.05) is 17.4 Å². The van der Waals surface area contributed by atoms with Crippen molar-refractivity contribution in [2.24, 2.45) is 10.8 Å². The molecule has 158 valence electrons. The maximum absolute atomic E-state index is 13.2. The molecule has 0 bridgehead atoms. The molecule has 4 rings (SSSR count). The molecule has 31 heavy (non-hydrogen) atoms. The third kappa shape index (κ3) is 4.31. The van der Waals surface area contributed by atoms with E-state index in [1.165, 1.54) is 46.2 Å². The number of nitrogens with one attached hydrogen (secondary N) is 1. The summed E-state index contributed by atoms with van der Waals surface area (Å²) in [4.78, 5) is 29.2. The summed E-state index contributed by atoms with van der Waals surface area (Å²) in [5.74, 6) is -1.50. The lowest BCUT2D eigenvalue weighted by atomic mass is 10.0. The van der Waals surface area contributed by atoms with Gasteiger partial charge in [0.25, 0.3) is 5.91 Å². The average molecular weight is 438 g/mol. The number of nitrogens with zero attached hydrogens (tertiary/aromatic N) is 3. The van der Waals surface area contributed by atoms with Gasteiger partial charge < -0.3 is 5.73 Å². The highest BCUT2D eigenvalue weighted by Crippen LogP contribution is 2.29. The van der Waals surface area contributed by atoms with Crippen LogP contribution in [-0.2, 0) is 9.59 Å². The standard InChI is InChI=1S/C22H20FN5O2S/c1-12-3-8-16(13(2)9-12)18-11-31-22(25-18)26-21(30)17-10-19(20(24)29)28(27-17)15-6-4-14(23)5-7-15/h3-9,11,19H,10H2,1-2H3,(H2,24,29)(H,25,26,30). The van der Waals surface area contributed by atoms with Crippen molar-refractivity contribution in [2.75, 3.05) is 10.3 Å². The highest BCUT2D eigenvalue weighted by atomic mass is 32.1. The number of hydrogen-bond acceptors (Lipinski definition) is 6. The molecule has 0 aliphatic carbocycles. The number of aryl methyl sites for hydroxylation is 2. The van der Waals surface area contributed by atoms with Gasteiger partial charge in [-0.15, -0.1) is 11.3 Å². The molecule has 1 atom stereocenters. The second-order valence-corrected chi connectivity index (χ2v) is 8.16. The predicted molar refractivity (Wildman–Crippen MR) is 120 cm³/mol. The fourth-order valence-corrected chi connectivity index (χ4v) is 4.13. The van der Waals surface area contributed by atoms with Crippen molar-refractivity contribution in [2.45, 2.75) is 26.3 Å². The molecule has 0 saturated heterocycles. The molecule has 1 unspecified atom stereocenters.